The van der Waals surface area contributed by atoms with Crippen molar-refractivity contribution in [2.45, 2.75) is 46.3 Å². The van der Waals surface area contributed by atoms with Gasteiger partial charge in [-0.1, -0.05) is 20.8 Å². The molecule has 2 atom stereocenters. The lowest BCUT2D eigenvalue weighted by Crippen LogP contribution is -2.32. The van der Waals surface area contributed by atoms with Gasteiger partial charge in [-0.25, -0.2) is 9.78 Å². The molecule has 2 unspecified atom stereocenters. The number of benzene rings is 1. The van der Waals surface area contributed by atoms with Gasteiger partial charge in [-0.3, -0.25) is 4.79 Å². The molecule has 0 amide bonds. The van der Waals surface area contributed by atoms with E-state index in [1.807, 2.05) is 10.6 Å². The van der Waals surface area contributed by atoms with Crippen LogP contribution < -0.4 is 10.2 Å². The summed E-state index contributed by atoms with van der Waals surface area (Å²) in [6, 6.07) is 5.33. The van der Waals surface area contributed by atoms with Crippen LogP contribution >= 0.6 is 11.3 Å². The lowest BCUT2D eigenvalue weighted by Gasteiger charge is -2.39. The predicted molar refractivity (Wildman–Crippen MR) is 124 cm³/mol. The zero-order valence-corrected chi connectivity index (χ0v) is 19.5. The zero-order valence-electron chi connectivity index (χ0n) is 18.7. The van der Waals surface area contributed by atoms with Gasteiger partial charge in [0.05, 0.1) is 17.7 Å². The largest absolute Gasteiger partial charge is 0.496 e. The number of pyridine rings is 1. The summed E-state index contributed by atoms with van der Waals surface area (Å²) < 4.78 is 7.59. The first kappa shape index (κ1) is 22.2. The number of aromatic carboxylic acids is 1. The van der Waals surface area contributed by atoms with E-state index in [1.165, 1.54) is 23.6 Å². The van der Waals surface area contributed by atoms with Crippen LogP contribution in [0.5, 0.6) is 5.75 Å². The molecule has 2 aromatic heterocycles. The van der Waals surface area contributed by atoms with Gasteiger partial charge >= 0.3 is 5.97 Å². The number of aliphatic hydroxyl groups excluding tert-OH is 1. The van der Waals surface area contributed by atoms with Crippen LogP contribution in [-0.2, 0) is 6.42 Å². The van der Waals surface area contributed by atoms with Crippen LogP contribution in [0.2, 0.25) is 0 Å². The van der Waals surface area contributed by atoms with Crippen LogP contribution in [0.25, 0.3) is 21.7 Å². The first-order valence-corrected chi connectivity index (χ1v) is 11.2. The van der Waals surface area contributed by atoms with Crippen molar-refractivity contribution in [2.24, 2.45) is 5.41 Å². The summed E-state index contributed by atoms with van der Waals surface area (Å²) in [5, 5.41) is 20.0. The Labute approximate surface area is 190 Å². The average Bonchev–Trinajstić information content (AvgIpc) is 3.21. The van der Waals surface area contributed by atoms with E-state index in [0.717, 1.165) is 21.6 Å². The molecule has 0 radical (unpaired) electrons. The third-order valence-corrected chi connectivity index (χ3v) is 7.11. The Morgan fingerprint density at radius 3 is 2.56 bits per heavy atom. The summed E-state index contributed by atoms with van der Waals surface area (Å²) in [7, 11) is 1.59. The Hall–Kier alpha value is -2.97. The van der Waals surface area contributed by atoms with Crippen molar-refractivity contribution < 1.29 is 19.7 Å². The van der Waals surface area contributed by atoms with E-state index in [2.05, 4.69) is 31.8 Å². The number of nitrogens with zero attached hydrogens (tertiary/aromatic N) is 2. The minimum atomic E-state index is -1.23. The predicted octanol–water partition coefficient (Wildman–Crippen LogP) is 4.54. The minimum Gasteiger partial charge on any atom is -0.496 e. The Morgan fingerprint density at radius 1 is 1.28 bits per heavy atom. The summed E-state index contributed by atoms with van der Waals surface area (Å²) in [5.41, 5.74) is 2.53. The SMILES string of the molecule is COc1cc2c(cc1-c1cnc(C(C)O)s1)CC(C(C)(C)C)n1cc(C(=O)O)c(=O)cc1-2. The third-order valence-electron chi connectivity index (χ3n) is 5.91. The van der Waals surface area contributed by atoms with E-state index in [9.17, 15) is 19.8 Å². The molecule has 1 aliphatic rings. The van der Waals surface area contributed by atoms with Gasteiger partial charge in [0.1, 0.15) is 22.4 Å². The summed E-state index contributed by atoms with van der Waals surface area (Å²) in [6.45, 7) is 8.00. The van der Waals surface area contributed by atoms with E-state index in [4.69, 9.17) is 4.74 Å². The van der Waals surface area contributed by atoms with Crippen LogP contribution in [0.1, 0.15) is 60.8 Å². The van der Waals surface area contributed by atoms with Crippen LogP contribution in [0.3, 0.4) is 0 Å². The highest BCUT2D eigenvalue weighted by Crippen LogP contribution is 2.46. The summed E-state index contributed by atoms with van der Waals surface area (Å²) >= 11 is 1.41. The minimum absolute atomic E-state index is 0.0422. The maximum Gasteiger partial charge on any atom is 0.341 e. The Bertz CT molecular complexity index is 1270. The molecule has 0 saturated heterocycles. The second-order valence-electron chi connectivity index (χ2n) is 9.18. The lowest BCUT2D eigenvalue weighted by atomic mass is 9.78. The molecule has 0 saturated carbocycles. The van der Waals surface area contributed by atoms with Crippen molar-refractivity contribution in [3.8, 4) is 27.4 Å². The van der Waals surface area contributed by atoms with E-state index in [1.54, 1.807) is 20.2 Å². The van der Waals surface area contributed by atoms with Crippen LogP contribution in [0, 0.1) is 5.41 Å². The van der Waals surface area contributed by atoms with Crippen molar-refractivity contribution in [2.75, 3.05) is 7.11 Å². The van der Waals surface area contributed by atoms with Gasteiger partial charge in [-0.2, -0.15) is 0 Å². The van der Waals surface area contributed by atoms with Gasteiger partial charge in [0.2, 0.25) is 0 Å². The molecular weight excluding hydrogens is 428 g/mol. The molecule has 2 N–H and O–H groups in total. The number of rotatable bonds is 4. The first-order chi connectivity index (χ1) is 15.0. The zero-order chi connectivity index (χ0) is 23.4. The standard InChI is InChI=1S/C24H26N2O5S/c1-12(27)22-25-10-20(32-22)15-6-13-7-21(24(2,3)4)26-11-16(23(29)30)18(28)9-17(26)14(13)8-19(15)31-5/h6,8-12,21,27H,7H2,1-5H3,(H,29,30). The molecule has 0 aliphatic carbocycles. The average molecular weight is 455 g/mol. The molecule has 0 bridgehead atoms. The maximum absolute atomic E-state index is 12.6. The Kier molecular flexibility index (Phi) is 5.46. The molecule has 168 valence electrons. The molecule has 0 spiro atoms. The van der Waals surface area contributed by atoms with Gasteiger partial charge in [-0.15, -0.1) is 11.3 Å². The molecule has 3 heterocycles. The molecule has 0 fully saturated rings. The van der Waals surface area contributed by atoms with Gasteiger partial charge in [0, 0.05) is 35.6 Å². The number of aliphatic hydroxyl groups is 1. The number of carboxylic acid groups (broad SMARTS) is 1. The van der Waals surface area contributed by atoms with Gasteiger partial charge in [-0.05, 0) is 36.5 Å². The number of hydrogen-bond donors (Lipinski definition) is 2. The van der Waals surface area contributed by atoms with Crippen LogP contribution in [-0.4, -0.2) is 32.8 Å². The van der Waals surface area contributed by atoms with Crippen molar-refractivity contribution >= 4 is 17.3 Å². The molecule has 3 aromatic rings. The topological polar surface area (TPSA) is 102 Å². The van der Waals surface area contributed by atoms with Crippen molar-refractivity contribution in [3.63, 3.8) is 0 Å². The Morgan fingerprint density at radius 2 is 2.00 bits per heavy atom. The first-order valence-electron chi connectivity index (χ1n) is 10.4. The molecule has 32 heavy (non-hydrogen) atoms. The molecule has 4 rings (SSSR count). The fourth-order valence-electron chi connectivity index (χ4n) is 4.21. The quantitative estimate of drug-likeness (QED) is 0.600. The van der Waals surface area contributed by atoms with E-state index >= 15 is 0 Å². The van der Waals surface area contributed by atoms with Gasteiger partial charge < -0.3 is 19.5 Å². The fourth-order valence-corrected chi connectivity index (χ4v) is 5.09. The second-order valence-corrected chi connectivity index (χ2v) is 10.2. The van der Waals surface area contributed by atoms with Crippen molar-refractivity contribution in [1.29, 1.82) is 0 Å². The number of methoxy groups -OCH3 is 1. The second kappa shape index (κ2) is 7.86. The normalized spacial score (nSPS) is 16.2. The van der Waals surface area contributed by atoms with Crippen LogP contribution in [0.15, 0.2) is 35.4 Å². The monoisotopic (exact) mass is 454 g/mol. The summed E-state index contributed by atoms with van der Waals surface area (Å²) in [4.78, 5) is 29.4. The molecule has 1 aliphatic heterocycles. The van der Waals surface area contributed by atoms with Gasteiger partial charge in [0.15, 0.2) is 5.43 Å². The third kappa shape index (κ3) is 3.73. The maximum atomic E-state index is 12.6. The number of hydrogen-bond acceptors (Lipinski definition) is 6. The molecular formula is C24H26N2O5S. The highest BCUT2D eigenvalue weighted by molar-refractivity contribution is 7.15. The molecule has 1 aromatic carbocycles. The number of ether oxygens (including phenoxy) is 1. The smallest absolute Gasteiger partial charge is 0.341 e. The van der Waals surface area contributed by atoms with Crippen molar-refractivity contribution in [1.82, 2.24) is 9.55 Å². The van der Waals surface area contributed by atoms with E-state index < -0.39 is 17.5 Å². The molecule has 7 nitrogen and oxygen atoms in total. The number of fused-ring (bicyclic) bond motifs is 3. The lowest BCUT2D eigenvalue weighted by molar-refractivity contribution is 0.0693. The van der Waals surface area contributed by atoms with E-state index in [0.29, 0.717) is 22.9 Å². The highest BCUT2D eigenvalue weighted by atomic mass is 32.1. The number of carboxylic acids is 1. The Balaban J connectivity index is 1.96. The van der Waals surface area contributed by atoms with E-state index in [-0.39, 0.29) is 17.0 Å². The van der Waals surface area contributed by atoms with Crippen molar-refractivity contribution in [3.05, 3.63) is 57.0 Å². The highest BCUT2D eigenvalue weighted by Gasteiger charge is 2.34. The molecule has 8 heteroatoms. The van der Waals surface area contributed by atoms with Crippen LogP contribution in [0.4, 0.5) is 0 Å². The summed E-state index contributed by atoms with van der Waals surface area (Å²) in [6.07, 6.45) is 3.23. The number of carbonyl (C=O) groups is 1. The fraction of sp³-hybridized carbons (Fsp3) is 0.375. The number of thiazole rings is 1. The number of aromatic nitrogens is 2. The summed E-state index contributed by atoms with van der Waals surface area (Å²) in [5.74, 6) is -0.601. The van der Waals surface area contributed by atoms with Gasteiger partial charge in [0.25, 0.3) is 0 Å².